The number of hydrogen-bond acceptors (Lipinski definition) is 5. The summed E-state index contributed by atoms with van der Waals surface area (Å²) in [5.74, 6) is -5.20. The van der Waals surface area contributed by atoms with E-state index < -0.39 is 47.4 Å². The molecule has 2 amide bonds. The Morgan fingerprint density at radius 3 is 2.55 bits per heavy atom. The van der Waals surface area contributed by atoms with E-state index in [0.717, 1.165) is 0 Å². The number of nitrogens with one attached hydrogen (secondary N) is 1. The van der Waals surface area contributed by atoms with Gasteiger partial charge < -0.3 is 25.0 Å². The van der Waals surface area contributed by atoms with Crippen molar-refractivity contribution in [1.82, 2.24) is 10.2 Å². The Morgan fingerprint density at radius 1 is 1.29 bits per heavy atom. The van der Waals surface area contributed by atoms with Crippen LogP contribution in [0.5, 0.6) is 0 Å². The number of cyclic esters (lactones) is 1. The molecule has 8 nitrogen and oxygen atoms in total. The Balaban J connectivity index is 1.36. The molecule has 3 aliphatic rings. The molecule has 1 aliphatic carbocycles. The molecule has 31 heavy (non-hydrogen) atoms. The van der Waals surface area contributed by atoms with Crippen LogP contribution in [0.1, 0.15) is 6.42 Å². The predicted molar refractivity (Wildman–Crippen MR) is 109 cm³/mol. The lowest BCUT2D eigenvalue weighted by molar-refractivity contribution is -0.135. The maximum atomic E-state index is 14.8. The Hall–Kier alpha value is -2.76. The number of anilines is 2. The van der Waals surface area contributed by atoms with E-state index >= 15 is 0 Å². The molecule has 12 heteroatoms. The molecule has 0 aromatic heterocycles. The zero-order chi connectivity index (χ0) is 22.3. The van der Waals surface area contributed by atoms with Gasteiger partial charge >= 0.3 is 6.09 Å². The number of benzene rings is 1. The number of halogens is 3. The van der Waals surface area contributed by atoms with Crippen molar-refractivity contribution in [1.29, 1.82) is 0 Å². The van der Waals surface area contributed by atoms with Crippen LogP contribution >= 0.6 is 12.2 Å². The lowest BCUT2D eigenvalue weighted by Gasteiger charge is -2.36. The third-order valence-electron chi connectivity index (χ3n) is 5.65. The van der Waals surface area contributed by atoms with Gasteiger partial charge in [0.1, 0.15) is 17.8 Å². The zero-order valence-corrected chi connectivity index (χ0v) is 17.2. The molecule has 1 aromatic rings. The first-order chi connectivity index (χ1) is 14.7. The molecule has 2 unspecified atom stereocenters. The van der Waals surface area contributed by atoms with Gasteiger partial charge in [-0.05, 0) is 30.4 Å². The number of alkyl halides is 2. The number of aliphatic hydroxyl groups excluding tert-OH is 1. The van der Waals surface area contributed by atoms with Crippen molar-refractivity contribution in [3.05, 3.63) is 24.0 Å². The van der Waals surface area contributed by atoms with Gasteiger partial charge in [-0.25, -0.2) is 18.0 Å². The first kappa shape index (κ1) is 21.5. The number of carbonyl (C=O) groups is 2. The first-order valence-electron chi connectivity index (χ1n) is 9.82. The molecule has 2 heterocycles. The summed E-state index contributed by atoms with van der Waals surface area (Å²) in [6.07, 6.45) is -1.58. The first-order valence-corrected chi connectivity index (χ1v) is 10.2. The molecule has 4 rings (SSSR count). The van der Waals surface area contributed by atoms with Crippen molar-refractivity contribution in [2.45, 2.75) is 18.4 Å². The molecule has 3 fully saturated rings. The van der Waals surface area contributed by atoms with Crippen molar-refractivity contribution in [3.8, 4) is 0 Å². The van der Waals surface area contributed by atoms with Crippen LogP contribution in [0.15, 0.2) is 18.2 Å². The molecule has 2 aliphatic heterocycles. The minimum Gasteiger partial charge on any atom is -0.487 e. The largest absolute Gasteiger partial charge is 0.487 e. The second kappa shape index (κ2) is 8.06. The molecule has 2 N–H and O–H groups in total. The van der Waals surface area contributed by atoms with Gasteiger partial charge in [0.15, 0.2) is 0 Å². The van der Waals surface area contributed by atoms with E-state index in [9.17, 15) is 22.8 Å². The average Bonchev–Trinajstić information content (AvgIpc) is 3.20. The maximum Gasteiger partial charge on any atom is 0.414 e. The number of amides is 2. The third-order valence-corrected chi connectivity index (χ3v) is 5.80. The van der Waals surface area contributed by atoms with Crippen LogP contribution in [0, 0.1) is 11.7 Å². The normalized spacial score (nSPS) is 24.7. The summed E-state index contributed by atoms with van der Waals surface area (Å²) in [6.45, 7) is 1.42. The van der Waals surface area contributed by atoms with Gasteiger partial charge in [0.05, 0.1) is 24.5 Å². The zero-order valence-electron chi connectivity index (χ0n) is 16.4. The highest BCUT2D eigenvalue weighted by Crippen LogP contribution is 2.49. The van der Waals surface area contributed by atoms with E-state index in [4.69, 9.17) is 9.84 Å². The van der Waals surface area contributed by atoms with Gasteiger partial charge in [0.25, 0.3) is 11.1 Å². The summed E-state index contributed by atoms with van der Waals surface area (Å²) in [4.78, 5) is 28.6. The van der Waals surface area contributed by atoms with Gasteiger partial charge in [0, 0.05) is 32.6 Å². The molecule has 2 atom stereocenters. The summed E-state index contributed by atoms with van der Waals surface area (Å²) in [6, 6.07) is 4.36. The summed E-state index contributed by atoms with van der Waals surface area (Å²) in [5.41, 5.74) is 0.633. The van der Waals surface area contributed by atoms with Crippen LogP contribution in [-0.4, -0.2) is 78.5 Å². The number of rotatable bonds is 5. The van der Waals surface area contributed by atoms with Crippen LogP contribution in [0.25, 0.3) is 0 Å². The molecule has 2 saturated heterocycles. The maximum absolute atomic E-state index is 14.8. The number of hydrogen-bond donors (Lipinski definition) is 2. The summed E-state index contributed by atoms with van der Waals surface area (Å²) in [7, 11) is 0. The highest BCUT2D eigenvalue weighted by atomic mass is 32.1. The number of carbonyl (C=O) groups excluding carboxylic acids is 2. The molecular formula is C19H21F3N4O4S. The van der Waals surface area contributed by atoms with Crippen molar-refractivity contribution in [2.24, 2.45) is 5.92 Å². The quantitative estimate of drug-likeness (QED) is 0.652. The van der Waals surface area contributed by atoms with E-state index in [1.807, 2.05) is 0 Å². The summed E-state index contributed by atoms with van der Waals surface area (Å²) < 4.78 is 46.2. The van der Waals surface area contributed by atoms with Crippen LogP contribution in [0.2, 0.25) is 0 Å². The Bertz CT molecular complexity index is 910. The Kier molecular flexibility index (Phi) is 5.58. The van der Waals surface area contributed by atoms with Gasteiger partial charge in [-0.1, -0.05) is 0 Å². The fourth-order valence-corrected chi connectivity index (χ4v) is 3.91. The minimum atomic E-state index is -2.90. The smallest absolute Gasteiger partial charge is 0.414 e. The van der Waals surface area contributed by atoms with E-state index in [0.29, 0.717) is 24.5 Å². The molecule has 168 valence electrons. The SMILES string of the molecule is O=C(C1CC1(F)F)N1CCN(c2ccc(N3CC(CNC(O)=S)OC3=O)cc2F)CC1. The lowest BCUT2D eigenvalue weighted by atomic mass is 10.2. The number of nitrogens with zero attached hydrogens (tertiary/aromatic N) is 3. The summed E-state index contributed by atoms with van der Waals surface area (Å²) >= 11 is 4.50. The monoisotopic (exact) mass is 458 g/mol. The van der Waals surface area contributed by atoms with Crippen molar-refractivity contribution < 1.29 is 32.6 Å². The van der Waals surface area contributed by atoms with E-state index in [-0.39, 0.29) is 26.2 Å². The Labute approximate surface area is 181 Å². The second-order valence-electron chi connectivity index (χ2n) is 7.77. The van der Waals surface area contributed by atoms with Crippen LogP contribution in [-0.2, 0) is 9.53 Å². The number of thiocarbonyl (C=S) groups is 1. The van der Waals surface area contributed by atoms with Gasteiger partial charge in [0.2, 0.25) is 5.91 Å². The third kappa shape index (κ3) is 4.48. The molecule has 0 bridgehead atoms. The van der Waals surface area contributed by atoms with Crippen molar-refractivity contribution in [3.63, 3.8) is 0 Å². The van der Waals surface area contributed by atoms with Crippen LogP contribution in [0.4, 0.5) is 29.3 Å². The minimum absolute atomic E-state index is 0.133. The van der Waals surface area contributed by atoms with E-state index in [1.54, 1.807) is 17.0 Å². The number of aliphatic hydroxyl groups is 1. The predicted octanol–water partition coefficient (Wildman–Crippen LogP) is 1.89. The topological polar surface area (TPSA) is 85.4 Å². The fraction of sp³-hybridized carbons (Fsp3) is 0.526. The van der Waals surface area contributed by atoms with Crippen molar-refractivity contribution >= 4 is 40.8 Å². The van der Waals surface area contributed by atoms with Gasteiger partial charge in [-0.2, -0.15) is 0 Å². The van der Waals surface area contributed by atoms with Gasteiger partial charge in [-0.3, -0.25) is 9.69 Å². The highest BCUT2D eigenvalue weighted by Gasteiger charge is 2.62. The highest BCUT2D eigenvalue weighted by molar-refractivity contribution is 7.79. The fourth-order valence-electron chi connectivity index (χ4n) is 3.83. The van der Waals surface area contributed by atoms with Crippen molar-refractivity contribution in [2.75, 3.05) is 49.1 Å². The standard InChI is InChI=1S/C19H21F3N4O4S/c20-14-7-11(26-10-12(30-18(26)29)9-23-17(28)31)1-2-15(14)24-3-5-25(6-4-24)16(27)13-8-19(13,21)22/h1-2,7,12-13H,3-6,8-10H2,(H2,23,28,31). The number of ether oxygens (including phenoxy) is 1. The molecular weight excluding hydrogens is 437 g/mol. The van der Waals surface area contributed by atoms with Gasteiger partial charge in [-0.15, -0.1) is 0 Å². The molecule has 0 radical (unpaired) electrons. The van der Waals surface area contributed by atoms with Crippen LogP contribution < -0.4 is 15.1 Å². The molecule has 1 saturated carbocycles. The Morgan fingerprint density at radius 2 is 1.97 bits per heavy atom. The summed E-state index contributed by atoms with van der Waals surface area (Å²) in [5, 5.41) is 11.1. The molecule has 1 aromatic carbocycles. The van der Waals surface area contributed by atoms with Crippen LogP contribution in [0.3, 0.4) is 0 Å². The second-order valence-corrected chi connectivity index (χ2v) is 8.15. The average molecular weight is 458 g/mol. The number of piperazine rings is 1. The molecule has 0 spiro atoms. The van der Waals surface area contributed by atoms with E-state index in [1.165, 1.54) is 15.9 Å². The van der Waals surface area contributed by atoms with E-state index in [2.05, 4.69) is 17.5 Å². The lowest BCUT2D eigenvalue weighted by Crippen LogP contribution is -2.49.